The van der Waals surface area contributed by atoms with Gasteiger partial charge in [0.25, 0.3) is 5.56 Å². The number of aromatic nitrogens is 5. The van der Waals surface area contributed by atoms with Gasteiger partial charge < -0.3 is 14.4 Å². The Morgan fingerprint density at radius 3 is 2.96 bits per heavy atom. The van der Waals surface area contributed by atoms with E-state index in [0.29, 0.717) is 12.1 Å². The topological polar surface area (TPSA) is 87.1 Å². The molecule has 28 heavy (non-hydrogen) atoms. The third kappa shape index (κ3) is 2.68. The van der Waals surface area contributed by atoms with E-state index in [2.05, 4.69) is 10.2 Å². The summed E-state index contributed by atoms with van der Waals surface area (Å²) in [5.41, 5.74) is 1.94. The number of ether oxygens (including phenoxy) is 1. The van der Waals surface area contributed by atoms with Crippen LogP contribution in [0.1, 0.15) is 31.2 Å². The van der Waals surface area contributed by atoms with Gasteiger partial charge in [-0.05, 0) is 37.5 Å². The van der Waals surface area contributed by atoms with Crippen molar-refractivity contribution in [2.24, 2.45) is 7.05 Å². The highest BCUT2D eigenvalue weighted by molar-refractivity contribution is 6.07. The summed E-state index contributed by atoms with van der Waals surface area (Å²) in [4.78, 5) is 13.1. The van der Waals surface area contributed by atoms with Gasteiger partial charge in [-0.1, -0.05) is 0 Å². The van der Waals surface area contributed by atoms with Crippen molar-refractivity contribution in [3.63, 3.8) is 0 Å². The van der Waals surface area contributed by atoms with Crippen LogP contribution in [0.2, 0.25) is 0 Å². The fraction of sp³-hybridized carbons (Fsp3) is 0.350. The zero-order valence-electron chi connectivity index (χ0n) is 15.6. The maximum Gasteiger partial charge on any atom is 0.291 e. The second kappa shape index (κ2) is 6.49. The summed E-state index contributed by atoms with van der Waals surface area (Å²) < 4.78 is 10.8. The van der Waals surface area contributed by atoms with E-state index in [1.54, 1.807) is 22.9 Å². The molecule has 0 spiro atoms. The molecule has 0 radical (unpaired) electrons. The molecule has 1 saturated heterocycles. The van der Waals surface area contributed by atoms with E-state index in [1.165, 1.54) is 4.68 Å². The number of rotatable bonds is 3. The Morgan fingerprint density at radius 2 is 2.14 bits per heavy atom. The minimum atomic E-state index is -0.181. The Labute approximate surface area is 160 Å². The van der Waals surface area contributed by atoms with Gasteiger partial charge in [0.15, 0.2) is 0 Å². The van der Waals surface area contributed by atoms with E-state index < -0.39 is 0 Å². The number of aryl methyl sites for hydroxylation is 1. The number of phenolic OH excluding ortho intramolecular Hbond substituents is 1. The molecule has 8 nitrogen and oxygen atoms in total. The Bertz CT molecular complexity index is 1230. The highest BCUT2D eigenvalue weighted by atomic mass is 16.5. The highest BCUT2D eigenvalue weighted by Crippen LogP contribution is 2.28. The van der Waals surface area contributed by atoms with E-state index in [-0.39, 0.29) is 17.5 Å². The molecular formula is C20H21N5O3. The molecule has 3 aromatic heterocycles. The zero-order chi connectivity index (χ0) is 19.3. The third-order valence-corrected chi connectivity index (χ3v) is 5.41. The molecule has 5 rings (SSSR count). The number of hydrogen-bond donors (Lipinski definition) is 1. The van der Waals surface area contributed by atoms with Gasteiger partial charge in [0, 0.05) is 36.7 Å². The lowest BCUT2D eigenvalue weighted by atomic mass is 10.2. The van der Waals surface area contributed by atoms with Crippen LogP contribution >= 0.6 is 0 Å². The average Bonchev–Trinajstić information content (AvgIpc) is 3.28. The third-order valence-electron chi connectivity index (χ3n) is 5.41. The van der Waals surface area contributed by atoms with Crippen LogP contribution in [-0.4, -0.2) is 35.8 Å². The van der Waals surface area contributed by atoms with E-state index in [0.717, 1.165) is 47.9 Å². The molecule has 0 bridgehead atoms. The molecule has 4 aromatic rings. The van der Waals surface area contributed by atoms with Gasteiger partial charge in [-0.15, -0.1) is 0 Å². The standard InChI is InChI=1S/C20H21N5O3/c1-23-17-10-14(26)5-6-15(17)16-11-21-25(20(27)19(16)23)12-13-7-8-24(22-13)18-4-2-3-9-28-18/h5-8,10-11,18,26H,2-4,9,12H2,1H3. The quantitative estimate of drug-likeness (QED) is 0.591. The monoisotopic (exact) mass is 379 g/mol. The first-order valence-electron chi connectivity index (χ1n) is 9.45. The van der Waals surface area contributed by atoms with Gasteiger partial charge in [0.1, 0.15) is 17.5 Å². The molecule has 1 fully saturated rings. The Hall–Kier alpha value is -3.13. The van der Waals surface area contributed by atoms with Crippen LogP contribution in [0.15, 0.2) is 41.5 Å². The van der Waals surface area contributed by atoms with Gasteiger partial charge in [-0.2, -0.15) is 10.2 Å². The molecule has 8 heteroatoms. The minimum absolute atomic E-state index is 0.0273. The summed E-state index contributed by atoms with van der Waals surface area (Å²) >= 11 is 0. The maximum absolute atomic E-state index is 13.1. The number of hydrogen-bond acceptors (Lipinski definition) is 5. The molecule has 0 aliphatic carbocycles. The summed E-state index contributed by atoms with van der Waals surface area (Å²) in [6, 6.07) is 6.98. The van der Waals surface area contributed by atoms with E-state index in [9.17, 15) is 9.90 Å². The number of phenols is 1. The second-order valence-electron chi connectivity index (χ2n) is 7.24. The SMILES string of the molecule is Cn1c2cc(O)ccc2c2cnn(Cc3ccn(C4CCCCO4)n3)c(=O)c21. The molecule has 4 heterocycles. The van der Waals surface area contributed by atoms with Gasteiger partial charge in [-0.3, -0.25) is 4.79 Å². The minimum Gasteiger partial charge on any atom is -0.508 e. The summed E-state index contributed by atoms with van der Waals surface area (Å²) in [6.07, 6.45) is 6.75. The fourth-order valence-corrected chi connectivity index (χ4v) is 3.97. The number of fused-ring (bicyclic) bond motifs is 3. The lowest BCUT2D eigenvalue weighted by Crippen LogP contribution is -2.25. The molecule has 1 aliphatic heterocycles. The predicted molar refractivity (Wildman–Crippen MR) is 104 cm³/mol. The number of nitrogens with zero attached hydrogens (tertiary/aromatic N) is 5. The molecule has 1 N–H and O–H groups in total. The van der Waals surface area contributed by atoms with Crippen molar-refractivity contribution in [1.29, 1.82) is 0 Å². The van der Waals surface area contributed by atoms with Gasteiger partial charge >= 0.3 is 0 Å². The summed E-state index contributed by atoms with van der Waals surface area (Å²) in [6.45, 7) is 1.05. The lowest BCUT2D eigenvalue weighted by molar-refractivity contribution is -0.0397. The predicted octanol–water partition coefficient (Wildman–Crippen LogP) is 2.54. The zero-order valence-corrected chi connectivity index (χ0v) is 15.6. The van der Waals surface area contributed by atoms with Crippen LogP contribution in [0.25, 0.3) is 21.8 Å². The van der Waals surface area contributed by atoms with Crippen LogP contribution in [0.4, 0.5) is 0 Å². The van der Waals surface area contributed by atoms with Crippen molar-refractivity contribution in [3.8, 4) is 5.75 Å². The van der Waals surface area contributed by atoms with Crippen molar-refractivity contribution in [2.45, 2.75) is 32.0 Å². The van der Waals surface area contributed by atoms with Gasteiger partial charge in [0.05, 0.1) is 24.0 Å². The second-order valence-corrected chi connectivity index (χ2v) is 7.24. The number of aromatic hydroxyl groups is 1. The van der Waals surface area contributed by atoms with E-state index in [4.69, 9.17) is 4.74 Å². The normalized spacial score (nSPS) is 17.5. The average molecular weight is 379 g/mol. The van der Waals surface area contributed by atoms with Crippen molar-refractivity contribution in [2.75, 3.05) is 6.61 Å². The van der Waals surface area contributed by atoms with Crippen LogP contribution in [0.3, 0.4) is 0 Å². The fourth-order valence-electron chi connectivity index (χ4n) is 3.97. The maximum atomic E-state index is 13.1. The van der Waals surface area contributed by atoms with Crippen LogP contribution in [0, 0.1) is 0 Å². The molecular weight excluding hydrogens is 358 g/mol. The summed E-state index contributed by atoms with van der Waals surface area (Å²) in [5, 5.41) is 20.4. The molecule has 1 aliphatic rings. The Morgan fingerprint density at radius 1 is 1.25 bits per heavy atom. The Kier molecular flexibility index (Phi) is 3.94. The van der Waals surface area contributed by atoms with Crippen molar-refractivity contribution >= 4 is 21.8 Å². The molecule has 144 valence electrons. The molecule has 1 atom stereocenters. The first-order chi connectivity index (χ1) is 13.6. The molecule has 0 amide bonds. The van der Waals surface area contributed by atoms with Crippen LogP contribution < -0.4 is 5.56 Å². The summed E-state index contributed by atoms with van der Waals surface area (Å²) in [5.74, 6) is 0.169. The van der Waals surface area contributed by atoms with E-state index >= 15 is 0 Å². The van der Waals surface area contributed by atoms with Crippen molar-refractivity contribution in [1.82, 2.24) is 24.1 Å². The first-order valence-corrected chi connectivity index (χ1v) is 9.45. The highest BCUT2D eigenvalue weighted by Gasteiger charge is 2.18. The van der Waals surface area contributed by atoms with Gasteiger partial charge in [0.2, 0.25) is 0 Å². The first kappa shape index (κ1) is 17.0. The Balaban J connectivity index is 1.52. The summed E-state index contributed by atoms with van der Waals surface area (Å²) in [7, 11) is 1.82. The molecule has 1 unspecified atom stereocenters. The van der Waals surface area contributed by atoms with Crippen molar-refractivity contribution in [3.05, 3.63) is 52.7 Å². The molecule has 1 aromatic carbocycles. The largest absolute Gasteiger partial charge is 0.508 e. The van der Waals surface area contributed by atoms with Crippen LogP contribution in [0.5, 0.6) is 5.75 Å². The van der Waals surface area contributed by atoms with Gasteiger partial charge in [-0.25, -0.2) is 9.36 Å². The van der Waals surface area contributed by atoms with Crippen LogP contribution in [-0.2, 0) is 18.3 Å². The smallest absolute Gasteiger partial charge is 0.291 e. The van der Waals surface area contributed by atoms with E-state index in [1.807, 2.05) is 30.1 Å². The lowest BCUT2D eigenvalue weighted by Gasteiger charge is -2.22. The van der Waals surface area contributed by atoms with Crippen molar-refractivity contribution < 1.29 is 9.84 Å². The molecule has 0 saturated carbocycles. The number of benzene rings is 1.